The number of halogens is 1. The second kappa shape index (κ2) is 11.0. The van der Waals surface area contributed by atoms with Crippen molar-refractivity contribution in [2.45, 2.75) is 11.8 Å². The van der Waals surface area contributed by atoms with E-state index in [1.807, 2.05) is 0 Å². The van der Waals surface area contributed by atoms with E-state index >= 15 is 0 Å². The molecule has 0 radical (unpaired) electrons. The molecule has 3 aromatic carbocycles. The van der Waals surface area contributed by atoms with Gasteiger partial charge in [0.25, 0.3) is 15.9 Å². The van der Waals surface area contributed by atoms with E-state index in [0.29, 0.717) is 33.3 Å². The maximum atomic E-state index is 13.4. The Balaban J connectivity index is 1.84. The van der Waals surface area contributed by atoms with Crippen molar-refractivity contribution in [2.24, 2.45) is 5.10 Å². The average molecular weight is 502 g/mol. The highest BCUT2D eigenvalue weighted by Gasteiger charge is 2.28. The molecule has 178 valence electrons. The predicted octanol–water partition coefficient (Wildman–Crippen LogP) is 4.01. The maximum Gasteiger partial charge on any atom is 0.264 e. The average Bonchev–Trinajstić information content (AvgIpc) is 2.83. The molecule has 0 bridgehead atoms. The molecule has 0 aromatic heterocycles. The number of benzene rings is 3. The molecule has 1 amide bonds. The Labute approximate surface area is 203 Å². The summed E-state index contributed by atoms with van der Waals surface area (Å²) in [6.45, 7) is 1.24. The number of carbonyl (C=O) groups is 1. The highest BCUT2D eigenvalue weighted by Crippen LogP contribution is 2.29. The molecule has 0 aliphatic rings. The number of anilines is 1. The highest BCUT2D eigenvalue weighted by atomic mass is 35.5. The van der Waals surface area contributed by atoms with Crippen LogP contribution in [-0.4, -0.2) is 41.3 Å². The molecule has 1 N–H and O–H groups in total. The van der Waals surface area contributed by atoms with Gasteiger partial charge in [-0.1, -0.05) is 29.8 Å². The van der Waals surface area contributed by atoms with Crippen LogP contribution in [-0.2, 0) is 14.8 Å². The van der Waals surface area contributed by atoms with Crippen LogP contribution in [0.2, 0.25) is 5.02 Å². The molecule has 10 heteroatoms. The standard InChI is InChI=1S/C24H24ClN3O5S/c1-17-13-19(25)10-11-21(17)28(34(30,31)20-7-5-4-6-8-20)16-24(29)27-26-15-18-9-12-22(32-2)23(14-18)33-3/h4-15H,16H2,1-3H3,(H,27,29)/b26-15-. The first-order valence-corrected chi connectivity index (χ1v) is 12.0. The number of nitrogens with one attached hydrogen (secondary N) is 1. The van der Waals surface area contributed by atoms with Crippen molar-refractivity contribution < 1.29 is 22.7 Å². The second-order valence-electron chi connectivity index (χ2n) is 7.16. The Morgan fingerprint density at radius 2 is 1.74 bits per heavy atom. The van der Waals surface area contributed by atoms with Gasteiger partial charge in [-0.2, -0.15) is 5.10 Å². The molecule has 0 aliphatic heterocycles. The molecule has 0 saturated carbocycles. The first kappa shape index (κ1) is 25.1. The molecule has 0 heterocycles. The van der Waals surface area contributed by atoms with Gasteiger partial charge in [0.1, 0.15) is 6.54 Å². The minimum Gasteiger partial charge on any atom is -0.493 e. The Morgan fingerprint density at radius 3 is 2.38 bits per heavy atom. The van der Waals surface area contributed by atoms with Gasteiger partial charge >= 0.3 is 0 Å². The summed E-state index contributed by atoms with van der Waals surface area (Å²) in [6, 6.07) is 17.8. The normalized spacial score (nSPS) is 11.3. The zero-order chi connectivity index (χ0) is 24.7. The first-order chi connectivity index (χ1) is 16.3. The van der Waals surface area contributed by atoms with Crippen LogP contribution in [0.25, 0.3) is 0 Å². The van der Waals surface area contributed by atoms with Crippen molar-refractivity contribution >= 4 is 39.4 Å². The number of ether oxygens (including phenoxy) is 2. The van der Waals surface area contributed by atoms with E-state index in [9.17, 15) is 13.2 Å². The van der Waals surface area contributed by atoms with Gasteiger partial charge in [0.2, 0.25) is 0 Å². The minimum atomic E-state index is -4.03. The fourth-order valence-electron chi connectivity index (χ4n) is 3.20. The summed E-state index contributed by atoms with van der Waals surface area (Å²) in [5, 5.41) is 4.41. The largest absolute Gasteiger partial charge is 0.493 e. The van der Waals surface area contributed by atoms with E-state index in [4.69, 9.17) is 21.1 Å². The molecule has 8 nitrogen and oxygen atoms in total. The molecule has 0 unspecified atom stereocenters. The summed E-state index contributed by atoms with van der Waals surface area (Å²) in [6.07, 6.45) is 1.42. The van der Waals surface area contributed by atoms with Crippen molar-refractivity contribution in [1.82, 2.24) is 5.43 Å². The third-order valence-electron chi connectivity index (χ3n) is 4.86. The quantitative estimate of drug-likeness (QED) is 0.353. The van der Waals surface area contributed by atoms with Gasteiger partial charge in [0.15, 0.2) is 11.5 Å². The smallest absolute Gasteiger partial charge is 0.264 e. The number of hydrazone groups is 1. The van der Waals surface area contributed by atoms with Gasteiger partial charge in [-0.3, -0.25) is 9.10 Å². The van der Waals surface area contributed by atoms with Crippen molar-refractivity contribution in [3.63, 3.8) is 0 Å². The number of amides is 1. The molecule has 0 saturated heterocycles. The molecule has 34 heavy (non-hydrogen) atoms. The molecule has 0 aliphatic carbocycles. The van der Waals surface area contributed by atoms with Crippen LogP contribution < -0.4 is 19.2 Å². The summed E-state index contributed by atoms with van der Waals surface area (Å²) in [5.41, 5.74) is 3.98. The number of methoxy groups -OCH3 is 2. The van der Waals surface area contributed by atoms with Crippen LogP contribution >= 0.6 is 11.6 Å². The molecule has 0 fully saturated rings. The highest BCUT2D eigenvalue weighted by molar-refractivity contribution is 7.92. The Kier molecular flexibility index (Phi) is 8.14. The fraction of sp³-hybridized carbons (Fsp3) is 0.167. The summed E-state index contributed by atoms with van der Waals surface area (Å²) in [4.78, 5) is 12.8. The lowest BCUT2D eigenvalue weighted by molar-refractivity contribution is -0.119. The zero-order valence-corrected chi connectivity index (χ0v) is 20.4. The third-order valence-corrected chi connectivity index (χ3v) is 6.87. The number of sulfonamides is 1. The van der Waals surface area contributed by atoms with Crippen molar-refractivity contribution in [3.05, 3.63) is 82.9 Å². The van der Waals surface area contributed by atoms with Crippen molar-refractivity contribution in [1.29, 1.82) is 0 Å². The van der Waals surface area contributed by atoms with Crippen LogP contribution in [0.1, 0.15) is 11.1 Å². The summed E-state index contributed by atoms with van der Waals surface area (Å²) in [5.74, 6) is 0.450. The van der Waals surface area contributed by atoms with Crippen LogP contribution in [0.4, 0.5) is 5.69 Å². The lowest BCUT2D eigenvalue weighted by atomic mass is 10.2. The lowest BCUT2D eigenvalue weighted by Crippen LogP contribution is -2.40. The maximum absolute atomic E-state index is 13.4. The van der Waals surface area contributed by atoms with Gasteiger partial charge in [0.05, 0.1) is 31.0 Å². The van der Waals surface area contributed by atoms with E-state index in [0.717, 1.165) is 4.31 Å². The van der Waals surface area contributed by atoms with Gasteiger partial charge in [-0.25, -0.2) is 13.8 Å². The SMILES string of the molecule is COc1ccc(/C=N\NC(=O)CN(c2ccc(Cl)cc2C)S(=O)(=O)c2ccccc2)cc1OC. The number of carbonyl (C=O) groups excluding carboxylic acids is 1. The lowest BCUT2D eigenvalue weighted by Gasteiger charge is -2.25. The zero-order valence-electron chi connectivity index (χ0n) is 18.9. The van der Waals surface area contributed by atoms with E-state index in [2.05, 4.69) is 10.5 Å². The number of hydrogen-bond donors (Lipinski definition) is 1. The van der Waals surface area contributed by atoms with Crippen molar-refractivity contribution in [2.75, 3.05) is 25.1 Å². The number of nitrogens with zero attached hydrogens (tertiary/aromatic N) is 2. The molecule has 3 rings (SSSR count). The number of hydrogen-bond acceptors (Lipinski definition) is 6. The molecular weight excluding hydrogens is 478 g/mol. The summed E-state index contributed by atoms with van der Waals surface area (Å²) < 4.78 is 38.2. The Hall–Kier alpha value is -3.56. The third kappa shape index (κ3) is 5.86. The van der Waals surface area contributed by atoms with Crippen LogP contribution in [0.5, 0.6) is 11.5 Å². The first-order valence-electron chi connectivity index (χ1n) is 10.1. The summed E-state index contributed by atoms with van der Waals surface area (Å²) >= 11 is 6.04. The van der Waals surface area contributed by atoms with Crippen LogP contribution in [0, 0.1) is 6.92 Å². The minimum absolute atomic E-state index is 0.0611. The van der Waals surface area contributed by atoms with Gasteiger partial charge < -0.3 is 9.47 Å². The van der Waals surface area contributed by atoms with Gasteiger partial charge in [-0.15, -0.1) is 0 Å². The fourth-order valence-corrected chi connectivity index (χ4v) is 4.93. The van der Waals surface area contributed by atoms with E-state index in [1.165, 1.54) is 32.6 Å². The van der Waals surface area contributed by atoms with Crippen LogP contribution in [0.3, 0.4) is 0 Å². The van der Waals surface area contributed by atoms with Gasteiger partial charge in [-0.05, 0) is 66.6 Å². The predicted molar refractivity (Wildman–Crippen MR) is 132 cm³/mol. The molecule has 0 spiro atoms. The van der Waals surface area contributed by atoms with Gasteiger partial charge in [0, 0.05) is 5.02 Å². The van der Waals surface area contributed by atoms with Crippen LogP contribution in [0.15, 0.2) is 76.7 Å². The van der Waals surface area contributed by atoms with E-state index < -0.39 is 22.5 Å². The Morgan fingerprint density at radius 1 is 1.03 bits per heavy atom. The monoisotopic (exact) mass is 501 g/mol. The Bertz CT molecular complexity index is 1300. The number of rotatable bonds is 9. The summed E-state index contributed by atoms with van der Waals surface area (Å²) in [7, 11) is -0.985. The topological polar surface area (TPSA) is 97.3 Å². The second-order valence-corrected chi connectivity index (χ2v) is 9.46. The molecule has 3 aromatic rings. The van der Waals surface area contributed by atoms with E-state index in [-0.39, 0.29) is 4.90 Å². The number of aryl methyl sites for hydroxylation is 1. The van der Waals surface area contributed by atoms with Crippen molar-refractivity contribution in [3.8, 4) is 11.5 Å². The molecule has 0 atom stereocenters. The van der Waals surface area contributed by atoms with E-state index in [1.54, 1.807) is 61.5 Å². The molecular formula is C24H24ClN3O5S.